The van der Waals surface area contributed by atoms with E-state index < -0.39 is 0 Å². The molecule has 0 bridgehead atoms. The number of hydrogen-bond donors (Lipinski definition) is 0. The van der Waals surface area contributed by atoms with Crippen LogP contribution < -0.4 is 0 Å². The molecule has 5 nitrogen and oxygen atoms in total. The van der Waals surface area contributed by atoms with E-state index in [9.17, 15) is 0 Å². The van der Waals surface area contributed by atoms with Crippen molar-refractivity contribution >= 4 is 0 Å². The van der Waals surface area contributed by atoms with Crippen LogP contribution in [0.1, 0.15) is 210 Å². The normalized spacial score (nSPS) is 17.2. The topological polar surface area (TPSA) is 16.2 Å². The van der Waals surface area contributed by atoms with E-state index in [1.54, 1.807) is 0 Å². The number of piperidine rings is 1. The molecule has 0 saturated carbocycles. The summed E-state index contributed by atoms with van der Waals surface area (Å²) in [5.41, 5.74) is 0. The highest BCUT2D eigenvalue weighted by atomic mass is 15.2. The summed E-state index contributed by atoms with van der Waals surface area (Å²) in [6, 6.07) is 3.78. The van der Waals surface area contributed by atoms with Crippen LogP contribution >= 0.6 is 0 Å². The van der Waals surface area contributed by atoms with Crippen molar-refractivity contribution < 1.29 is 0 Å². The molecule has 4 fully saturated rings. The third-order valence-corrected chi connectivity index (χ3v) is 9.02. The molecule has 0 radical (unpaired) electrons. The summed E-state index contributed by atoms with van der Waals surface area (Å²) in [5, 5.41) is 0. The molecule has 0 aliphatic carbocycles. The Labute approximate surface area is 330 Å². The molecule has 0 atom stereocenters. The smallest absolute Gasteiger partial charge is 0.00386 e. The van der Waals surface area contributed by atoms with E-state index in [4.69, 9.17) is 0 Å². The largest absolute Gasteiger partial charge is 0.307 e. The van der Waals surface area contributed by atoms with E-state index >= 15 is 0 Å². The van der Waals surface area contributed by atoms with Crippen molar-refractivity contribution in [2.45, 2.75) is 240 Å². The lowest BCUT2D eigenvalue weighted by molar-refractivity contribution is 0.138. The summed E-state index contributed by atoms with van der Waals surface area (Å²) >= 11 is 0. The molecule has 0 N–H and O–H groups in total. The predicted octanol–water partition coefficient (Wildman–Crippen LogP) is 13.5. The quantitative estimate of drug-likeness (QED) is 0.279. The number of likely N-dealkylation sites (tertiary alicyclic amines) is 4. The lowest BCUT2D eigenvalue weighted by Crippen LogP contribution is -2.41. The molecule has 0 aromatic rings. The van der Waals surface area contributed by atoms with Crippen molar-refractivity contribution in [2.75, 3.05) is 66.5 Å². The fourth-order valence-corrected chi connectivity index (χ4v) is 5.16. The van der Waals surface area contributed by atoms with Gasteiger partial charge in [-0.25, -0.2) is 0 Å². The molecule has 4 rings (SSSR count). The Kier molecular flexibility index (Phi) is 66.8. The Hall–Kier alpha value is -0.200. The van der Waals surface area contributed by atoms with Gasteiger partial charge in [-0.05, 0) is 181 Å². The van der Waals surface area contributed by atoms with Gasteiger partial charge < -0.3 is 24.5 Å². The third kappa shape index (κ3) is 45.9. The fourth-order valence-electron chi connectivity index (χ4n) is 5.16. The van der Waals surface area contributed by atoms with Gasteiger partial charge in [0.1, 0.15) is 0 Å². The Morgan fingerprint density at radius 1 is 0.294 bits per heavy atom. The summed E-state index contributed by atoms with van der Waals surface area (Å²) in [4.78, 5) is 12.3. The molecule has 4 heterocycles. The van der Waals surface area contributed by atoms with Gasteiger partial charge in [-0.15, -0.1) is 0 Å². The van der Waals surface area contributed by atoms with Crippen molar-refractivity contribution in [1.82, 2.24) is 24.5 Å². The van der Waals surface area contributed by atoms with Gasteiger partial charge in [0.05, 0.1) is 0 Å². The molecule has 0 spiro atoms. The standard InChI is InChI=1S/C9H19N.C8H17N.C7H15N.C6H13N.C5H13N.5C2H6.CH4/c1-9(2)10-7-5-3-4-6-8-10;1-8(2)9-6-4-3-5-7-9;1-7(2)8-5-3-4-6-8;1-6(2)7-4-3-5-7;1-5(2)6(3)4;5*1-2;/h9H,3-8H2,1-2H3;8H,3-7H2,1-2H3;7H,3-6H2,1-2H3;6H,3-5H2,1-2H3;5H,1-4H3;5*1-2H3;1H4. The Morgan fingerprint density at radius 2 is 0.431 bits per heavy atom. The van der Waals surface area contributed by atoms with Crippen LogP contribution in [0.15, 0.2) is 0 Å². The van der Waals surface area contributed by atoms with Crippen molar-refractivity contribution in [3.05, 3.63) is 0 Å². The second-order valence-corrected chi connectivity index (χ2v) is 14.1. The first kappa shape index (κ1) is 65.7. The van der Waals surface area contributed by atoms with Gasteiger partial charge in [-0.2, -0.15) is 0 Å². The third-order valence-electron chi connectivity index (χ3n) is 9.02. The summed E-state index contributed by atoms with van der Waals surface area (Å²) in [6.45, 7) is 53.2. The van der Waals surface area contributed by atoms with Crippen LogP contribution in [0, 0.1) is 0 Å². The van der Waals surface area contributed by atoms with Gasteiger partial charge in [0, 0.05) is 30.2 Å². The maximum atomic E-state index is 2.59. The van der Waals surface area contributed by atoms with Crippen LogP contribution in [-0.4, -0.2) is 121 Å². The van der Waals surface area contributed by atoms with Crippen LogP contribution in [0.2, 0.25) is 0 Å². The lowest BCUT2D eigenvalue weighted by atomic mass is 10.1. The second-order valence-electron chi connectivity index (χ2n) is 14.1. The van der Waals surface area contributed by atoms with Crippen LogP contribution in [0.5, 0.6) is 0 Å². The molecule has 51 heavy (non-hydrogen) atoms. The van der Waals surface area contributed by atoms with Gasteiger partial charge >= 0.3 is 0 Å². The van der Waals surface area contributed by atoms with E-state index in [2.05, 4.69) is 108 Å². The molecule has 4 aliphatic rings. The highest BCUT2D eigenvalue weighted by molar-refractivity contribution is 4.71. The first-order valence-corrected chi connectivity index (χ1v) is 22.5. The van der Waals surface area contributed by atoms with E-state index in [0.717, 1.165) is 24.2 Å². The zero-order valence-corrected chi connectivity index (χ0v) is 39.9. The van der Waals surface area contributed by atoms with Crippen LogP contribution in [0.3, 0.4) is 0 Å². The maximum Gasteiger partial charge on any atom is 0.00386 e. The minimum Gasteiger partial charge on any atom is -0.307 e. The Balaban J connectivity index is -0.0000000895. The lowest BCUT2D eigenvalue weighted by Gasteiger charge is -2.34. The van der Waals surface area contributed by atoms with Crippen molar-refractivity contribution in [3.8, 4) is 0 Å². The molecule has 0 amide bonds. The molecule has 4 aliphatic heterocycles. The minimum atomic E-state index is 0. The summed E-state index contributed by atoms with van der Waals surface area (Å²) < 4.78 is 0. The van der Waals surface area contributed by atoms with E-state index in [0.29, 0.717) is 6.04 Å². The highest BCUT2D eigenvalue weighted by Gasteiger charge is 2.16. The first-order chi connectivity index (χ1) is 23.9. The summed E-state index contributed by atoms with van der Waals surface area (Å²) in [5.74, 6) is 0. The van der Waals surface area contributed by atoms with Crippen molar-refractivity contribution in [1.29, 1.82) is 0 Å². The molecular formula is C46H111N5. The molecule has 0 aromatic carbocycles. The maximum absolute atomic E-state index is 2.59. The summed E-state index contributed by atoms with van der Waals surface area (Å²) in [6.07, 6.45) is 14.2. The zero-order chi connectivity index (χ0) is 40.5. The Bertz CT molecular complexity index is 518. The number of hydrogen-bond acceptors (Lipinski definition) is 5. The van der Waals surface area contributed by atoms with Gasteiger partial charge in [0.2, 0.25) is 0 Å². The van der Waals surface area contributed by atoms with E-state index in [-0.39, 0.29) is 7.43 Å². The van der Waals surface area contributed by atoms with Crippen LogP contribution in [-0.2, 0) is 0 Å². The number of nitrogens with zero attached hydrogens (tertiary/aromatic N) is 5. The second kappa shape index (κ2) is 51.9. The molecule has 5 heteroatoms. The van der Waals surface area contributed by atoms with Crippen LogP contribution in [0.25, 0.3) is 0 Å². The zero-order valence-electron chi connectivity index (χ0n) is 39.9. The van der Waals surface area contributed by atoms with E-state index in [1.807, 2.05) is 69.2 Å². The predicted molar refractivity (Wildman–Crippen MR) is 245 cm³/mol. The number of rotatable bonds is 5. The Morgan fingerprint density at radius 3 is 0.549 bits per heavy atom. The average molecular weight is 734 g/mol. The molecule has 0 aromatic heterocycles. The van der Waals surface area contributed by atoms with Crippen LogP contribution in [0.4, 0.5) is 0 Å². The van der Waals surface area contributed by atoms with E-state index in [1.165, 1.54) is 117 Å². The van der Waals surface area contributed by atoms with Gasteiger partial charge in [0.25, 0.3) is 0 Å². The highest BCUT2D eigenvalue weighted by Crippen LogP contribution is 2.13. The average Bonchev–Trinajstić information content (AvgIpc) is 3.53. The van der Waals surface area contributed by atoms with Gasteiger partial charge in [-0.3, -0.25) is 0 Å². The monoisotopic (exact) mass is 734 g/mol. The minimum absolute atomic E-state index is 0. The molecule has 320 valence electrons. The van der Waals surface area contributed by atoms with Crippen molar-refractivity contribution in [2.24, 2.45) is 0 Å². The summed E-state index contributed by atoms with van der Waals surface area (Å²) in [7, 11) is 4.15. The van der Waals surface area contributed by atoms with Gasteiger partial charge in [-0.1, -0.05) is 95.9 Å². The van der Waals surface area contributed by atoms with Crippen molar-refractivity contribution in [3.63, 3.8) is 0 Å². The van der Waals surface area contributed by atoms with Gasteiger partial charge in [0.15, 0.2) is 0 Å². The molecular weight excluding hydrogens is 623 g/mol. The SMILES string of the molecule is C.CC.CC.CC.CC.CC.CC(C)N(C)C.CC(C)N1CCC1.CC(C)N1CCCC1.CC(C)N1CCCCC1.CC(C)N1CCCCCC1. The molecule has 4 saturated heterocycles. The molecule has 0 unspecified atom stereocenters. The fraction of sp³-hybridized carbons (Fsp3) is 1.00. The first-order valence-electron chi connectivity index (χ1n) is 22.5.